The second-order valence-corrected chi connectivity index (χ2v) is 18.5. The highest BCUT2D eigenvalue weighted by atomic mass is 19.1. The minimum Gasteiger partial charge on any atom is -0.462 e. The van der Waals surface area contributed by atoms with Crippen molar-refractivity contribution in [3.8, 4) is 0 Å². The van der Waals surface area contributed by atoms with Crippen molar-refractivity contribution in [1.82, 2.24) is 0 Å². The fourth-order valence-electron chi connectivity index (χ4n) is 7.89. The molecule has 0 saturated heterocycles. The van der Waals surface area contributed by atoms with Crippen molar-refractivity contribution >= 4 is 34.6 Å². The molecule has 9 nitrogen and oxygen atoms in total. The van der Waals surface area contributed by atoms with Gasteiger partial charge in [-0.2, -0.15) is 0 Å². The fourth-order valence-corrected chi connectivity index (χ4v) is 7.89. The van der Waals surface area contributed by atoms with Crippen LogP contribution in [0.25, 0.3) is 16.7 Å². The van der Waals surface area contributed by atoms with Gasteiger partial charge < -0.3 is 28.4 Å². The minimum atomic E-state index is -0.467. The number of hydrogen-bond donors (Lipinski definition) is 0. The van der Waals surface area contributed by atoms with E-state index < -0.39 is 17.9 Å². The number of esters is 3. The second-order valence-electron chi connectivity index (χ2n) is 18.5. The van der Waals surface area contributed by atoms with Crippen LogP contribution in [-0.4, -0.2) is 76.9 Å². The molecule has 0 spiro atoms. The van der Waals surface area contributed by atoms with Gasteiger partial charge in [-0.3, -0.25) is 0 Å². The molecule has 0 heterocycles. The van der Waals surface area contributed by atoms with E-state index in [4.69, 9.17) is 28.4 Å². The van der Waals surface area contributed by atoms with Crippen LogP contribution in [0.15, 0.2) is 92.5 Å². The second kappa shape index (κ2) is 39.5. The third kappa shape index (κ3) is 28.9. The number of halogens is 3. The number of hydrogen-bond acceptors (Lipinski definition) is 9. The lowest BCUT2D eigenvalue weighted by Gasteiger charge is -2.18. The maximum absolute atomic E-state index is 13.2. The van der Waals surface area contributed by atoms with E-state index in [0.717, 1.165) is 154 Å². The number of ether oxygens (including phenoxy) is 6. The maximum Gasteiger partial charge on any atom is 0.338 e. The molecular weight excluding hydrogens is 922 g/mol. The SMILES string of the molecule is C=C(C(=O)OCCCCCCCCCCOCC(COCCCCCCCCCCOC(=O)C(=C)c1ccc(F)cc1)OCCCCCCCCCCOC(=O)C(=C)c1ccc(F)cc1)c1ccc(F)cc1. The zero-order valence-electron chi connectivity index (χ0n) is 43.1. The highest BCUT2D eigenvalue weighted by Crippen LogP contribution is 2.19. The Bertz CT molecular complexity index is 1870. The molecule has 0 saturated carbocycles. The Kier molecular flexibility index (Phi) is 33.6. The normalized spacial score (nSPS) is 11.2. The van der Waals surface area contributed by atoms with Gasteiger partial charge in [0.05, 0.1) is 49.8 Å². The fraction of sp³-hybridized carbons (Fsp3) is 0.550. The topological polar surface area (TPSA) is 107 Å². The quantitative estimate of drug-likeness (QED) is 0.0237. The van der Waals surface area contributed by atoms with Crippen LogP contribution in [0, 0.1) is 17.5 Å². The van der Waals surface area contributed by atoms with Crippen molar-refractivity contribution < 1.29 is 56.0 Å². The monoisotopic (exact) mass is 1000 g/mol. The molecule has 0 atom stereocenters. The number of benzene rings is 3. The Morgan fingerprint density at radius 2 is 0.556 bits per heavy atom. The average Bonchev–Trinajstić information content (AvgIpc) is 3.38. The predicted octanol–water partition coefficient (Wildman–Crippen LogP) is 15.0. The first-order valence-electron chi connectivity index (χ1n) is 26.7. The van der Waals surface area contributed by atoms with Gasteiger partial charge in [0.2, 0.25) is 0 Å². The summed E-state index contributed by atoms with van der Waals surface area (Å²) >= 11 is 0. The third-order valence-corrected chi connectivity index (χ3v) is 12.4. The molecule has 0 radical (unpaired) electrons. The molecule has 3 aromatic rings. The molecule has 72 heavy (non-hydrogen) atoms. The molecule has 0 aliphatic heterocycles. The molecule has 0 unspecified atom stereocenters. The van der Waals surface area contributed by atoms with Gasteiger partial charge in [0.15, 0.2) is 0 Å². The van der Waals surface area contributed by atoms with Crippen LogP contribution in [0.1, 0.15) is 171 Å². The van der Waals surface area contributed by atoms with Crippen molar-refractivity contribution in [3.63, 3.8) is 0 Å². The molecule has 0 aromatic heterocycles. The van der Waals surface area contributed by atoms with Gasteiger partial charge in [-0.1, -0.05) is 172 Å². The molecule has 0 amide bonds. The summed E-state index contributed by atoms with van der Waals surface area (Å²) < 4.78 is 74.0. The van der Waals surface area contributed by atoms with Crippen LogP contribution in [0.2, 0.25) is 0 Å². The van der Waals surface area contributed by atoms with Crippen LogP contribution in [0.5, 0.6) is 0 Å². The molecule has 0 aliphatic carbocycles. The summed E-state index contributed by atoms with van der Waals surface area (Å²) in [5.74, 6) is -2.48. The van der Waals surface area contributed by atoms with Crippen LogP contribution < -0.4 is 0 Å². The summed E-state index contributed by atoms with van der Waals surface area (Å²) in [5, 5.41) is 0. The molecule has 3 rings (SSSR count). The van der Waals surface area contributed by atoms with Crippen molar-refractivity contribution in [2.75, 3.05) is 52.9 Å². The number of unbranched alkanes of at least 4 members (excludes halogenated alkanes) is 21. The van der Waals surface area contributed by atoms with Gasteiger partial charge in [-0.15, -0.1) is 0 Å². The molecule has 398 valence electrons. The number of carbonyl (C=O) groups excluding carboxylic acids is 3. The molecule has 12 heteroatoms. The zero-order valence-corrected chi connectivity index (χ0v) is 43.1. The standard InChI is InChI=1S/C60H83F3O9/c1-48(51-28-34-54(61)35-29-51)58(64)70-43-25-19-13-6-4-10-16-22-40-67-46-57(69-42-24-18-12-8-9-15-21-27-45-72-60(66)50(3)53-32-38-56(63)39-33-53)47-68-41-23-17-11-5-7-14-20-26-44-71-59(65)49(2)52-30-36-55(62)37-31-52/h28-39,57H,1-27,40-47H2. The predicted molar refractivity (Wildman–Crippen MR) is 281 cm³/mol. The van der Waals surface area contributed by atoms with E-state index in [2.05, 4.69) is 19.7 Å². The lowest BCUT2D eigenvalue weighted by Crippen LogP contribution is -2.26. The summed E-state index contributed by atoms with van der Waals surface area (Å²) in [5.41, 5.74) is 2.40. The highest BCUT2D eigenvalue weighted by molar-refractivity contribution is 6.16. The van der Waals surface area contributed by atoms with Crippen LogP contribution in [-0.2, 0) is 42.8 Å². The molecule has 0 bridgehead atoms. The van der Waals surface area contributed by atoms with E-state index in [1.165, 1.54) is 72.8 Å². The first kappa shape index (κ1) is 61.3. The number of rotatable bonds is 44. The molecule has 3 aromatic carbocycles. The summed E-state index contributed by atoms with van der Waals surface area (Å²) in [6.45, 7) is 15.5. The van der Waals surface area contributed by atoms with Crippen LogP contribution >= 0.6 is 0 Å². The van der Waals surface area contributed by atoms with E-state index in [0.29, 0.717) is 69.5 Å². The first-order valence-corrected chi connectivity index (χ1v) is 26.7. The van der Waals surface area contributed by atoms with Crippen LogP contribution in [0.4, 0.5) is 13.2 Å². The summed E-state index contributed by atoms with van der Waals surface area (Å²) in [4.78, 5) is 36.7. The van der Waals surface area contributed by atoms with E-state index >= 15 is 0 Å². The van der Waals surface area contributed by atoms with Gasteiger partial charge in [0.25, 0.3) is 0 Å². The van der Waals surface area contributed by atoms with Crippen molar-refractivity contribution in [2.45, 2.75) is 160 Å². The maximum atomic E-state index is 13.2. The Balaban J connectivity index is 1.19. The Morgan fingerprint density at radius 3 is 0.819 bits per heavy atom. The highest BCUT2D eigenvalue weighted by Gasteiger charge is 2.14. The Hall–Kier alpha value is -5.04. The molecular formula is C60H83F3O9. The van der Waals surface area contributed by atoms with E-state index in [-0.39, 0.29) is 40.3 Å². The van der Waals surface area contributed by atoms with Gasteiger partial charge in [-0.25, -0.2) is 27.6 Å². The number of carbonyl (C=O) groups is 3. The average molecular weight is 1010 g/mol. The summed E-state index contributed by atoms with van der Waals surface area (Å²) in [6, 6.07) is 17.0. The van der Waals surface area contributed by atoms with Crippen molar-refractivity contribution in [2.24, 2.45) is 0 Å². The summed E-state index contributed by atoms with van der Waals surface area (Å²) in [7, 11) is 0. The van der Waals surface area contributed by atoms with Gasteiger partial charge in [0, 0.05) is 19.8 Å². The zero-order chi connectivity index (χ0) is 51.9. The van der Waals surface area contributed by atoms with Gasteiger partial charge in [0.1, 0.15) is 23.6 Å². The molecule has 0 N–H and O–H groups in total. The van der Waals surface area contributed by atoms with Crippen molar-refractivity contribution in [3.05, 3.63) is 127 Å². The van der Waals surface area contributed by atoms with E-state index in [1.54, 1.807) is 0 Å². The van der Waals surface area contributed by atoms with E-state index in [1.807, 2.05) is 0 Å². The first-order chi connectivity index (χ1) is 35.0. The Morgan fingerprint density at radius 1 is 0.333 bits per heavy atom. The largest absolute Gasteiger partial charge is 0.462 e. The smallest absolute Gasteiger partial charge is 0.338 e. The Labute approximate surface area is 428 Å². The third-order valence-electron chi connectivity index (χ3n) is 12.4. The van der Waals surface area contributed by atoms with Crippen LogP contribution in [0.3, 0.4) is 0 Å². The lowest BCUT2D eigenvalue weighted by atomic mass is 10.1. The van der Waals surface area contributed by atoms with E-state index in [9.17, 15) is 27.6 Å². The van der Waals surface area contributed by atoms with Gasteiger partial charge >= 0.3 is 17.9 Å². The minimum absolute atomic E-state index is 0.104. The summed E-state index contributed by atoms with van der Waals surface area (Å²) in [6.07, 6.45) is 25.2. The molecule has 0 aliphatic rings. The molecule has 0 fully saturated rings. The van der Waals surface area contributed by atoms with Crippen molar-refractivity contribution in [1.29, 1.82) is 0 Å². The lowest BCUT2D eigenvalue weighted by molar-refractivity contribution is -0.137. The van der Waals surface area contributed by atoms with Gasteiger partial charge in [-0.05, 0) is 91.6 Å².